The molecule has 0 aliphatic heterocycles. The van der Waals surface area contributed by atoms with Crippen molar-refractivity contribution < 1.29 is 14.2 Å². The van der Waals surface area contributed by atoms with E-state index in [-0.39, 0.29) is 11.9 Å². The monoisotopic (exact) mass is 310 g/mol. The van der Waals surface area contributed by atoms with E-state index in [9.17, 15) is 9.50 Å². The van der Waals surface area contributed by atoms with Gasteiger partial charge in [0, 0.05) is 16.7 Å². The first-order valence-electron chi connectivity index (χ1n) is 6.71. The van der Waals surface area contributed by atoms with Gasteiger partial charge >= 0.3 is 0 Å². The molecule has 1 atom stereocenters. The van der Waals surface area contributed by atoms with Crippen molar-refractivity contribution in [2.75, 3.05) is 12.9 Å². The number of halogens is 1. The zero-order valence-electron chi connectivity index (χ0n) is 12.3. The van der Waals surface area contributed by atoms with Crippen molar-refractivity contribution in [1.29, 1.82) is 0 Å². The highest BCUT2D eigenvalue weighted by Gasteiger charge is 2.22. The molecule has 0 saturated heterocycles. The molecule has 21 heavy (non-hydrogen) atoms. The summed E-state index contributed by atoms with van der Waals surface area (Å²) in [7, 11) is 1.54. The second-order valence-corrected chi connectivity index (χ2v) is 5.96. The zero-order chi connectivity index (χ0) is 15.4. The normalized spacial score (nSPS) is 12.7. The van der Waals surface area contributed by atoms with E-state index in [4.69, 9.17) is 4.74 Å². The van der Waals surface area contributed by atoms with Gasteiger partial charge in [-0.25, -0.2) is 4.39 Å². The summed E-state index contributed by atoms with van der Waals surface area (Å²) in [6.07, 6.45) is 0.807. The van der Waals surface area contributed by atoms with Crippen molar-refractivity contribution in [1.82, 2.24) is 9.78 Å². The maximum absolute atomic E-state index is 13.6. The van der Waals surface area contributed by atoms with Gasteiger partial charge in [-0.15, -0.1) is 11.8 Å². The number of nitrogens with zero attached hydrogens (tertiary/aromatic N) is 2. The molecule has 0 spiro atoms. The second kappa shape index (κ2) is 6.95. The minimum Gasteiger partial charge on any atom is -0.493 e. The Morgan fingerprint density at radius 1 is 1.38 bits per heavy atom. The number of aliphatic hydroxyl groups is 1. The number of ether oxygens (including phenoxy) is 1. The molecule has 1 aromatic heterocycles. The average molecular weight is 310 g/mol. The standard InChI is InChI=1S/C15H19FN2O2S/c1-10(2)18-15(13(20-3)8-17-18)12(19)9-21-14-7-5-4-6-11(14)16/h4-8,10,12,19H,9H2,1-3H3. The summed E-state index contributed by atoms with van der Waals surface area (Å²) < 4.78 is 20.6. The number of aromatic nitrogens is 2. The number of benzene rings is 1. The van der Waals surface area contributed by atoms with Crippen molar-refractivity contribution in [2.24, 2.45) is 0 Å². The smallest absolute Gasteiger partial charge is 0.162 e. The molecule has 4 nitrogen and oxygen atoms in total. The fourth-order valence-corrected chi connectivity index (χ4v) is 2.93. The van der Waals surface area contributed by atoms with Crippen LogP contribution in [0.5, 0.6) is 5.75 Å². The Hall–Kier alpha value is -1.53. The van der Waals surface area contributed by atoms with Gasteiger partial charge in [-0.2, -0.15) is 5.10 Å². The van der Waals surface area contributed by atoms with Crippen molar-refractivity contribution >= 4 is 11.8 Å². The molecule has 114 valence electrons. The zero-order valence-corrected chi connectivity index (χ0v) is 13.1. The lowest BCUT2D eigenvalue weighted by Gasteiger charge is -2.17. The molecule has 1 unspecified atom stereocenters. The van der Waals surface area contributed by atoms with E-state index in [2.05, 4.69) is 5.10 Å². The molecule has 0 amide bonds. The number of rotatable bonds is 6. The summed E-state index contributed by atoms with van der Waals surface area (Å²) in [4.78, 5) is 0.520. The molecule has 0 aliphatic carbocycles. The number of hydrogen-bond acceptors (Lipinski definition) is 4. The van der Waals surface area contributed by atoms with Gasteiger partial charge in [-0.05, 0) is 26.0 Å². The Kier molecular flexibility index (Phi) is 5.25. The molecule has 1 heterocycles. The van der Waals surface area contributed by atoms with Gasteiger partial charge in [0.1, 0.15) is 17.6 Å². The summed E-state index contributed by atoms with van der Waals surface area (Å²) in [6.45, 7) is 3.96. The van der Waals surface area contributed by atoms with Crippen LogP contribution in [-0.4, -0.2) is 27.7 Å². The van der Waals surface area contributed by atoms with Gasteiger partial charge in [0.2, 0.25) is 0 Å². The first-order valence-corrected chi connectivity index (χ1v) is 7.70. The highest BCUT2D eigenvalue weighted by atomic mass is 32.2. The molecular weight excluding hydrogens is 291 g/mol. The molecule has 2 aromatic rings. The highest BCUT2D eigenvalue weighted by Crippen LogP contribution is 2.32. The fraction of sp³-hybridized carbons (Fsp3) is 0.400. The highest BCUT2D eigenvalue weighted by molar-refractivity contribution is 7.99. The van der Waals surface area contributed by atoms with Crippen LogP contribution in [0.4, 0.5) is 4.39 Å². The van der Waals surface area contributed by atoms with E-state index in [0.29, 0.717) is 22.1 Å². The maximum atomic E-state index is 13.6. The summed E-state index contributed by atoms with van der Waals surface area (Å²) >= 11 is 1.27. The third-order valence-electron chi connectivity index (χ3n) is 3.06. The summed E-state index contributed by atoms with van der Waals surface area (Å²) in [5, 5.41) is 14.6. The third-order valence-corrected chi connectivity index (χ3v) is 4.18. The Bertz CT molecular complexity index is 601. The molecule has 0 saturated carbocycles. The Morgan fingerprint density at radius 2 is 2.10 bits per heavy atom. The lowest BCUT2D eigenvalue weighted by Crippen LogP contribution is -2.13. The number of hydrogen-bond donors (Lipinski definition) is 1. The molecule has 0 bridgehead atoms. The first-order chi connectivity index (χ1) is 10.0. The van der Waals surface area contributed by atoms with Crippen LogP contribution in [0.3, 0.4) is 0 Å². The second-order valence-electron chi connectivity index (χ2n) is 4.89. The lowest BCUT2D eigenvalue weighted by atomic mass is 10.2. The predicted octanol–water partition coefficient (Wildman–Crippen LogP) is 3.44. The molecule has 0 fully saturated rings. The lowest BCUT2D eigenvalue weighted by molar-refractivity contribution is 0.184. The number of methoxy groups -OCH3 is 1. The van der Waals surface area contributed by atoms with Crippen LogP contribution in [-0.2, 0) is 0 Å². The van der Waals surface area contributed by atoms with Crippen LogP contribution in [0.2, 0.25) is 0 Å². The van der Waals surface area contributed by atoms with Gasteiger partial charge in [-0.3, -0.25) is 4.68 Å². The van der Waals surface area contributed by atoms with Crippen LogP contribution in [0.25, 0.3) is 0 Å². The van der Waals surface area contributed by atoms with Gasteiger partial charge < -0.3 is 9.84 Å². The van der Waals surface area contributed by atoms with Crippen LogP contribution in [0, 0.1) is 5.82 Å². The Balaban J connectivity index is 2.15. The molecule has 0 aliphatic rings. The van der Waals surface area contributed by atoms with Crippen molar-refractivity contribution in [2.45, 2.75) is 30.9 Å². The minimum absolute atomic E-state index is 0.108. The average Bonchev–Trinajstić information content (AvgIpc) is 2.90. The fourth-order valence-electron chi connectivity index (χ4n) is 2.05. The molecule has 2 rings (SSSR count). The van der Waals surface area contributed by atoms with Crippen molar-refractivity contribution in [3.63, 3.8) is 0 Å². The van der Waals surface area contributed by atoms with E-state index in [1.807, 2.05) is 13.8 Å². The van der Waals surface area contributed by atoms with Gasteiger partial charge in [0.05, 0.1) is 13.3 Å². The summed E-state index contributed by atoms with van der Waals surface area (Å²) in [6, 6.07) is 6.64. The molecule has 0 radical (unpaired) electrons. The minimum atomic E-state index is -0.783. The largest absolute Gasteiger partial charge is 0.493 e. The quantitative estimate of drug-likeness (QED) is 0.830. The van der Waals surface area contributed by atoms with Crippen LogP contribution < -0.4 is 4.74 Å². The molecule has 1 aromatic carbocycles. The Morgan fingerprint density at radius 3 is 2.71 bits per heavy atom. The van der Waals surface area contributed by atoms with E-state index in [1.54, 1.807) is 36.2 Å². The molecule has 1 N–H and O–H groups in total. The summed E-state index contributed by atoms with van der Waals surface area (Å²) in [5.41, 5.74) is 0.622. The topological polar surface area (TPSA) is 47.3 Å². The molecular formula is C15H19FN2O2S. The van der Waals surface area contributed by atoms with E-state index in [0.717, 1.165) is 0 Å². The van der Waals surface area contributed by atoms with Crippen LogP contribution in [0.15, 0.2) is 35.4 Å². The van der Waals surface area contributed by atoms with Crippen molar-refractivity contribution in [3.8, 4) is 5.75 Å². The van der Waals surface area contributed by atoms with Crippen molar-refractivity contribution in [3.05, 3.63) is 42.0 Å². The first kappa shape index (κ1) is 15.9. The van der Waals surface area contributed by atoms with Crippen LogP contribution >= 0.6 is 11.8 Å². The van der Waals surface area contributed by atoms with Gasteiger partial charge in [0.15, 0.2) is 5.75 Å². The van der Waals surface area contributed by atoms with Crippen LogP contribution in [0.1, 0.15) is 31.7 Å². The number of thioether (sulfide) groups is 1. The van der Waals surface area contributed by atoms with Gasteiger partial charge in [0.25, 0.3) is 0 Å². The van der Waals surface area contributed by atoms with E-state index < -0.39 is 6.10 Å². The van der Waals surface area contributed by atoms with E-state index >= 15 is 0 Å². The summed E-state index contributed by atoms with van der Waals surface area (Å²) in [5.74, 6) is 0.597. The SMILES string of the molecule is COc1cnn(C(C)C)c1C(O)CSc1ccccc1F. The molecule has 6 heteroatoms. The number of aliphatic hydroxyl groups excluding tert-OH is 1. The predicted molar refractivity (Wildman–Crippen MR) is 81.2 cm³/mol. The Labute approximate surface area is 127 Å². The third kappa shape index (κ3) is 3.57. The maximum Gasteiger partial charge on any atom is 0.162 e. The van der Waals surface area contributed by atoms with Gasteiger partial charge in [-0.1, -0.05) is 12.1 Å². The van der Waals surface area contributed by atoms with E-state index in [1.165, 1.54) is 17.8 Å².